The Balaban J connectivity index is 1.42. The highest BCUT2D eigenvalue weighted by molar-refractivity contribution is 5.69. The highest BCUT2D eigenvalue weighted by Gasteiger charge is 2.21. The van der Waals surface area contributed by atoms with Crippen LogP contribution in [-0.4, -0.2) is 48.0 Å². The summed E-state index contributed by atoms with van der Waals surface area (Å²) >= 11 is 0. The summed E-state index contributed by atoms with van der Waals surface area (Å²) in [5.74, 6) is 0.552. The lowest BCUT2D eigenvalue weighted by molar-refractivity contribution is 0.191. The zero-order chi connectivity index (χ0) is 24.2. The number of aromatic nitrogens is 2. The Morgan fingerprint density at radius 1 is 0.857 bits per heavy atom. The van der Waals surface area contributed by atoms with Gasteiger partial charge in [0.25, 0.3) is 5.56 Å². The number of rotatable bonds is 6. The van der Waals surface area contributed by atoms with E-state index in [9.17, 15) is 9.18 Å². The number of piperazine rings is 1. The fourth-order valence-electron chi connectivity index (χ4n) is 4.43. The van der Waals surface area contributed by atoms with Gasteiger partial charge in [0.05, 0.1) is 30.7 Å². The standard InChI is InChI=1S/C28H27FN4O2/c1-35-27-10-6-5-9-26(27)32-17-15-31(16-18-32)20-33-28(34)24(21-7-3-2-4-8-21)19-25(30-33)22-11-13-23(29)14-12-22/h2-14,19H,15-18,20H2,1H3. The normalized spacial score (nSPS) is 14.2. The number of anilines is 1. The molecule has 1 aliphatic rings. The Morgan fingerprint density at radius 2 is 1.54 bits per heavy atom. The van der Waals surface area contributed by atoms with Gasteiger partial charge in [0, 0.05) is 31.7 Å². The van der Waals surface area contributed by atoms with Gasteiger partial charge in [0.2, 0.25) is 0 Å². The van der Waals surface area contributed by atoms with E-state index in [0.29, 0.717) is 17.9 Å². The SMILES string of the molecule is COc1ccccc1N1CCN(Cn2nc(-c3ccc(F)cc3)cc(-c3ccccc3)c2=O)CC1. The minimum Gasteiger partial charge on any atom is -0.495 e. The predicted octanol–water partition coefficient (Wildman–Crippen LogP) is 4.50. The first-order chi connectivity index (χ1) is 17.1. The molecule has 1 aliphatic heterocycles. The molecule has 0 N–H and O–H groups in total. The highest BCUT2D eigenvalue weighted by Crippen LogP contribution is 2.28. The summed E-state index contributed by atoms with van der Waals surface area (Å²) in [7, 11) is 1.69. The number of hydrogen-bond donors (Lipinski definition) is 0. The van der Waals surface area contributed by atoms with Crippen LogP contribution < -0.4 is 15.2 Å². The molecule has 0 unspecified atom stereocenters. The Kier molecular flexibility index (Phi) is 6.59. The number of hydrogen-bond acceptors (Lipinski definition) is 5. The van der Waals surface area contributed by atoms with Crippen LogP contribution in [0.15, 0.2) is 89.7 Å². The molecule has 6 nitrogen and oxygen atoms in total. The largest absolute Gasteiger partial charge is 0.495 e. The molecule has 1 aromatic heterocycles. The van der Waals surface area contributed by atoms with E-state index in [1.165, 1.54) is 16.8 Å². The maximum absolute atomic E-state index is 13.5. The van der Waals surface area contributed by atoms with E-state index < -0.39 is 0 Å². The minimum absolute atomic E-state index is 0.144. The van der Waals surface area contributed by atoms with Gasteiger partial charge >= 0.3 is 0 Å². The van der Waals surface area contributed by atoms with Crippen LogP contribution in [0.25, 0.3) is 22.4 Å². The van der Waals surface area contributed by atoms with E-state index in [-0.39, 0.29) is 11.4 Å². The number of methoxy groups -OCH3 is 1. The van der Waals surface area contributed by atoms with Crippen LogP contribution >= 0.6 is 0 Å². The average molecular weight is 471 g/mol. The Hall–Kier alpha value is -3.97. The van der Waals surface area contributed by atoms with Gasteiger partial charge < -0.3 is 9.64 Å². The Bertz CT molecular complexity index is 1350. The van der Waals surface area contributed by atoms with Crippen LogP contribution in [-0.2, 0) is 6.67 Å². The van der Waals surface area contributed by atoms with Crippen molar-refractivity contribution < 1.29 is 9.13 Å². The van der Waals surface area contributed by atoms with E-state index in [1.54, 1.807) is 25.3 Å². The minimum atomic E-state index is -0.307. The summed E-state index contributed by atoms with van der Waals surface area (Å²) in [6, 6.07) is 25.6. The smallest absolute Gasteiger partial charge is 0.275 e. The molecule has 35 heavy (non-hydrogen) atoms. The lowest BCUT2D eigenvalue weighted by Gasteiger charge is -2.36. The number of para-hydroxylation sites is 2. The summed E-state index contributed by atoms with van der Waals surface area (Å²) in [5.41, 5.74) is 3.74. The van der Waals surface area contributed by atoms with Crippen LogP contribution in [0, 0.1) is 5.82 Å². The molecule has 0 bridgehead atoms. The third-order valence-corrected chi connectivity index (χ3v) is 6.33. The van der Waals surface area contributed by atoms with Crippen molar-refractivity contribution in [1.82, 2.24) is 14.7 Å². The van der Waals surface area contributed by atoms with Crippen molar-refractivity contribution in [2.45, 2.75) is 6.67 Å². The van der Waals surface area contributed by atoms with Gasteiger partial charge in [-0.3, -0.25) is 9.69 Å². The molecule has 0 aliphatic carbocycles. The van der Waals surface area contributed by atoms with Gasteiger partial charge in [-0.2, -0.15) is 5.10 Å². The first-order valence-corrected chi connectivity index (χ1v) is 11.7. The molecule has 0 amide bonds. The molecule has 1 fully saturated rings. The van der Waals surface area contributed by atoms with Gasteiger partial charge in [-0.1, -0.05) is 42.5 Å². The van der Waals surface area contributed by atoms with Crippen molar-refractivity contribution in [3.05, 3.63) is 101 Å². The zero-order valence-corrected chi connectivity index (χ0v) is 19.6. The van der Waals surface area contributed by atoms with E-state index in [1.807, 2.05) is 48.5 Å². The number of halogens is 1. The van der Waals surface area contributed by atoms with Gasteiger partial charge in [0.15, 0.2) is 0 Å². The number of ether oxygens (including phenoxy) is 1. The summed E-state index contributed by atoms with van der Waals surface area (Å²) in [6.07, 6.45) is 0. The van der Waals surface area contributed by atoms with Crippen molar-refractivity contribution in [2.24, 2.45) is 0 Å². The fraction of sp³-hybridized carbons (Fsp3) is 0.214. The lowest BCUT2D eigenvalue weighted by Crippen LogP contribution is -2.48. The van der Waals surface area contributed by atoms with Crippen molar-refractivity contribution in [2.75, 3.05) is 38.2 Å². The van der Waals surface area contributed by atoms with Crippen LogP contribution in [0.5, 0.6) is 5.75 Å². The summed E-state index contributed by atoms with van der Waals surface area (Å²) in [5, 5.41) is 4.66. The molecule has 0 spiro atoms. The number of benzene rings is 3. The van der Waals surface area contributed by atoms with Crippen LogP contribution in [0.1, 0.15) is 0 Å². The molecule has 7 heteroatoms. The quantitative estimate of drug-likeness (QED) is 0.415. The maximum Gasteiger partial charge on any atom is 0.275 e. The second-order valence-electron chi connectivity index (χ2n) is 8.54. The molecule has 0 atom stereocenters. The van der Waals surface area contributed by atoms with Gasteiger partial charge in [-0.25, -0.2) is 9.07 Å². The van der Waals surface area contributed by atoms with Gasteiger partial charge in [-0.15, -0.1) is 0 Å². The second kappa shape index (κ2) is 10.1. The van der Waals surface area contributed by atoms with Crippen molar-refractivity contribution in [1.29, 1.82) is 0 Å². The fourth-order valence-corrected chi connectivity index (χ4v) is 4.43. The van der Waals surface area contributed by atoms with Crippen LogP contribution in [0.4, 0.5) is 10.1 Å². The van der Waals surface area contributed by atoms with Crippen LogP contribution in [0.2, 0.25) is 0 Å². The first kappa shape index (κ1) is 22.8. The molecule has 1 saturated heterocycles. The van der Waals surface area contributed by atoms with Crippen molar-refractivity contribution in [3.63, 3.8) is 0 Å². The second-order valence-corrected chi connectivity index (χ2v) is 8.54. The third kappa shape index (κ3) is 4.95. The van der Waals surface area contributed by atoms with Gasteiger partial charge in [-0.05, 0) is 48.0 Å². The van der Waals surface area contributed by atoms with Crippen molar-refractivity contribution in [3.8, 4) is 28.1 Å². The Labute approximate surface area is 203 Å². The van der Waals surface area contributed by atoms with E-state index >= 15 is 0 Å². The molecular formula is C28H27FN4O2. The van der Waals surface area contributed by atoms with Crippen molar-refractivity contribution >= 4 is 5.69 Å². The van der Waals surface area contributed by atoms with Crippen LogP contribution in [0.3, 0.4) is 0 Å². The molecule has 5 rings (SSSR count). The van der Waals surface area contributed by atoms with E-state index in [4.69, 9.17) is 4.74 Å². The predicted molar refractivity (Wildman–Crippen MR) is 136 cm³/mol. The molecule has 2 heterocycles. The molecule has 4 aromatic rings. The molecule has 178 valence electrons. The van der Waals surface area contributed by atoms with Gasteiger partial charge in [0.1, 0.15) is 11.6 Å². The average Bonchev–Trinajstić information content (AvgIpc) is 2.91. The first-order valence-electron chi connectivity index (χ1n) is 11.7. The summed E-state index contributed by atoms with van der Waals surface area (Å²) in [6.45, 7) is 3.59. The third-order valence-electron chi connectivity index (χ3n) is 6.33. The molecule has 0 saturated carbocycles. The maximum atomic E-state index is 13.5. The molecule has 3 aromatic carbocycles. The van der Waals surface area contributed by atoms with E-state index in [0.717, 1.165) is 48.7 Å². The highest BCUT2D eigenvalue weighted by atomic mass is 19.1. The monoisotopic (exact) mass is 470 g/mol. The lowest BCUT2D eigenvalue weighted by atomic mass is 10.0. The topological polar surface area (TPSA) is 50.6 Å². The summed E-state index contributed by atoms with van der Waals surface area (Å²) in [4.78, 5) is 18.0. The zero-order valence-electron chi connectivity index (χ0n) is 19.6. The van der Waals surface area contributed by atoms with E-state index in [2.05, 4.69) is 21.0 Å². The summed E-state index contributed by atoms with van der Waals surface area (Å²) < 4.78 is 20.6. The number of nitrogens with zero attached hydrogens (tertiary/aromatic N) is 4. The Morgan fingerprint density at radius 3 is 2.26 bits per heavy atom. The molecule has 0 radical (unpaired) electrons. The molecular weight excluding hydrogens is 443 g/mol.